The molecule has 0 aliphatic rings. The zero-order valence-electron chi connectivity index (χ0n) is 10.2. The second-order valence-corrected chi connectivity index (χ2v) is 6.13. The number of hydrogen-bond acceptors (Lipinski definition) is 6. The van der Waals surface area contributed by atoms with Crippen LogP contribution in [0.4, 0.5) is 5.69 Å². The van der Waals surface area contributed by atoms with Crippen LogP contribution in [-0.4, -0.2) is 19.2 Å². The van der Waals surface area contributed by atoms with Crippen molar-refractivity contribution in [2.24, 2.45) is 0 Å². The molecule has 7 heteroatoms. The molecule has 1 heterocycles. The van der Waals surface area contributed by atoms with Crippen molar-refractivity contribution in [2.75, 3.05) is 11.5 Å². The molecule has 6 nitrogen and oxygen atoms in total. The molecule has 1 aromatic carbocycles. The van der Waals surface area contributed by atoms with Gasteiger partial charge in [0, 0.05) is 18.2 Å². The fraction of sp³-hybridized carbons (Fsp3) is 0.333. The van der Waals surface area contributed by atoms with Crippen molar-refractivity contribution in [2.45, 2.75) is 24.5 Å². The van der Waals surface area contributed by atoms with Gasteiger partial charge in [-0.2, -0.15) is 10.2 Å². The van der Waals surface area contributed by atoms with Crippen LogP contribution in [0, 0.1) is 11.3 Å². The van der Waals surface area contributed by atoms with E-state index in [9.17, 15) is 8.42 Å². The van der Waals surface area contributed by atoms with E-state index in [2.05, 4.69) is 4.98 Å². The molecule has 0 spiro atoms. The van der Waals surface area contributed by atoms with Crippen LogP contribution in [0.25, 0.3) is 11.1 Å². The van der Waals surface area contributed by atoms with Crippen LogP contribution in [0.2, 0.25) is 0 Å². The number of benzene rings is 1. The molecule has 0 radical (unpaired) electrons. The number of nitriles is 1. The van der Waals surface area contributed by atoms with Crippen LogP contribution in [-0.2, 0) is 9.84 Å². The van der Waals surface area contributed by atoms with Gasteiger partial charge in [-0.05, 0) is 25.0 Å². The molecule has 2 aromatic rings. The lowest BCUT2D eigenvalue weighted by Gasteiger charge is -1.97. The Kier molecular flexibility index (Phi) is 3.71. The van der Waals surface area contributed by atoms with E-state index in [0.717, 1.165) is 0 Å². The van der Waals surface area contributed by atoms with E-state index in [-0.39, 0.29) is 11.0 Å². The summed E-state index contributed by atoms with van der Waals surface area (Å²) < 4.78 is 29.2. The molecular formula is C12H13N3O3S. The third-order valence-electron chi connectivity index (χ3n) is 2.61. The number of hydrogen-bond donors (Lipinski definition) is 1. The summed E-state index contributed by atoms with van der Waals surface area (Å²) in [6, 6.07) is 6.76. The van der Waals surface area contributed by atoms with Gasteiger partial charge in [0.15, 0.2) is 5.58 Å². The zero-order chi connectivity index (χ0) is 13.9. The fourth-order valence-electron chi connectivity index (χ4n) is 1.64. The Morgan fingerprint density at radius 2 is 2.16 bits per heavy atom. The number of nitrogen functional groups attached to an aromatic ring is 1. The summed E-state index contributed by atoms with van der Waals surface area (Å²) in [5.74, 6) is -0.0724. The Hall–Kier alpha value is -2.07. The van der Waals surface area contributed by atoms with Crippen molar-refractivity contribution >= 4 is 26.6 Å². The minimum atomic E-state index is -3.54. The van der Waals surface area contributed by atoms with Gasteiger partial charge in [0.25, 0.3) is 0 Å². The van der Waals surface area contributed by atoms with Crippen LogP contribution < -0.4 is 5.73 Å². The van der Waals surface area contributed by atoms with Gasteiger partial charge in [0.1, 0.15) is 5.52 Å². The molecule has 0 fully saturated rings. The van der Waals surface area contributed by atoms with Gasteiger partial charge in [-0.15, -0.1) is 0 Å². The molecule has 0 bridgehead atoms. The Bertz CT molecular complexity index is 728. The minimum absolute atomic E-state index is 0.0724. The lowest BCUT2D eigenvalue weighted by Crippen LogP contribution is -2.07. The van der Waals surface area contributed by atoms with Crippen molar-refractivity contribution in [1.82, 2.24) is 4.98 Å². The molecule has 0 saturated heterocycles. The number of nitrogens with zero attached hydrogens (tertiary/aromatic N) is 2. The maximum atomic E-state index is 12.0. The van der Waals surface area contributed by atoms with E-state index >= 15 is 0 Å². The normalized spacial score (nSPS) is 11.5. The predicted molar refractivity (Wildman–Crippen MR) is 69.9 cm³/mol. The van der Waals surface area contributed by atoms with Crippen LogP contribution in [0.15, 0.2) is 27.8 Å². The van der Waals surface area contributed by atoms with E-state index in [0.29, 0.717) is 36.0 Å². The molecule has 0 aliphatic carbocycles. The van der Waals surface area contributed by atoms with Gasteiger partial charge in [0.2, 0.25) is 9.84 Å². The molecule has 2 N–H and O–H groups in total. The largest absolute Gasteiger partial charge is 0.428 e. The molecule has 0 saturated carbocycles. The molecule has 0 unspecified atom stereocenters. The van der Waals surface area contributed by atoms with Crippen molar-refractivity contribution < 1.29 is 12.8 Å². The Morgan fingerprint density at radius 1 is 1.37 bits per heavy atom. The highest BCUT2D eigenvalue weighted by molar-refractivity contribution is 7.91. The first kappa shape index (κ1) is 13.4. The van der Waals surface area contributed by atoms with Crippen LogP contribution in [0.1, 0.15) is 19.3 Å². The number of unbranched alkanes of at least 4 members (excludes halogenated alkanes) is 2. The van der Waals surface area contributed by atoms with Crippen molar-refractivity contribution in [3.63, 3.8) is 0 Å². The topological polar surface area (TPSA) is 110 Å². The molecule has 0 atom stereocenters. The third-order valence-corrected chi connectivity index (χ3v) is 4.14. The quantitative estimate of drug-likeness (QED) is 0.660. The van der Waals surface area contributed by atoms with Gasteiger partial charge >= 0.3 is 5.22 Å². The highest BCUT2D eigenvalue weighted by Crippen LogP contribution is 2.22. The fourth-order valence-corrected chi connectivity index (χ4v) is 2.85. The van der Waals surface area contributed by atoms with Gasteiger partial charge < -0.3 is 10.2 Å². The van der Waals surface area contributed by atoms with E-state index in [4.69, 9.17) is 15.4 Å². The Morgan fingerprint density at radius 3 is 2.89 bits per heavy atom. The monoisotopic (exact) mass is 279 g/mol. The molecule has 0 aliphatic heterocycles. The minimum Gasteiger partial charge on any atom is -0.428 e. The standard InChI is InChI=1S/C12H13N3O3S/c13-6-2-1-3-7-19(16,17)12-15-10-5-4-9(14)8-11(10)18-12/h4-5,8H,1-3,7,14H2. The molecule has 19 heavy (non-hydrogen) atoms. The average Bonchev–Trinajstić information content (AvgIpc) is 2.78. The Labute approximate surface area is 110 Å². The zero-order valence-corrected chi connectivity index (χ0v) is 11.0. The summed E-state index contributed by atoms with van der Waals surface area (Å²) in [5, 5.41) is 8.10. The lowest BCUT2D eigenvalue weighted by molar-refractivity contribution is 0.457. The number of aromatic nitrogens is 1. The second-order valence-electron chi connectivity index (χ2n) is 4.14. The number of sulfone groups is 1. The van der Waals surface area contributed by atoms with Gasteiger partial charge in [-0.3, -0.25) is 0 Å². The number of nitrogens with two attached hydrogens (primary N) is 1. The number of oxazole rings is 1. The van der Waals surface area contributed by atoms with Gasteiger partial charge in [0.05, 0.1) is 11.8 Å². The SMILES string of the molecule is N#CCCCCS(=O)(=O)c1nc2ccc(N)cc2o1. The first-order valence-corrected chi connectivity index (χ1v) is 7.44. The summed E-state index contributed by atoms with van der Waals surface area (Å²) in [5.41, 5.74) is 6.90. The number of anilines is 1. The van der Waals surface area contributed by atoms with E-state index in [1.807, 2.05) is 6.07 Å². The smallest absolute Gasteiger partial charge is 0.316 e. The summed E-state index contributed by atoms with van der Waals surface area (Å²) in [4.78, 5) is 3.95. The van der Waals surface area contributed by atoms with Crippen LogP contribution >= 0.6 is 0 Å². The molecule has 100 valence electrons. The first-order chi connectivity index (χ1) is 9.03. The maximum absolute atomic E-state index is 12.0. The third kappa shape index (κ3) is 3.03. The lowest BCUT2D eigenvalue weighted by atomic mass is 10.3. The van der Waals surface area contributed by atoms with Gasteiger partial charge in [-0.1, -0.05) is 0 Å². The summed E-state index contributed by atoms with van der Waals surface area (Å²) >= 11 is 0. The average molecular weight is 279 g/mol. The summed E-state index contributed by atoms with van der Waals surface area (Å²) in [6.45, 7) is 0. The highest BCUT2D eigenvalue weighted by Gasteiger charge is 2.21. The van der Waals surface area contributed by atoms with Crippen LogP contribution in [0.5, 0.6) is 0 Å². The Balaban J connectivity index is 2.21. The van der Waals surface area contributed by atoms with E-state index < -0.39 is 9.84 Å². The van der Waals surface area contributed by atoms with Gasteiger partial charge in [-0.25, -0.2) is 8.42 Å². The highest BCUT2D eigenvalue weighted by atomic mass is 32.2. The van der Waals surface area contributed by atoms with Crippen molar-refractivity contribution in [3.05, 3.63) is 18.2 Å². The second kappa shape index (κ2) is 5.28. The maximum Gasteiger partial charge on any atom is 0.316 e. The molecular weight excluding hydrogens is 266 g/mol. The van der Waals surface area contributed by atoms with Crippen molar-refractivity contribution in [3.8, 4) is 6.07 Å². The number of fused-ring (bicyclic) bond motifs is 1. The van der Waals surface area contributed by atoms with E-state index in [1.54, 1.807) is 12.1 Å². The summed E-state index contributed by atoms with van der Waals surface area (Å²) in [7, 11) is -3.54. The number of rotatable bonds is 5. The molecule has 1 aromatic heterocycles. The molecule has 0 amide bonds. The van der Waals surface area contributed by atoms with Crippen LogP contribution in [0.3, 0.4) is 0 Å². The summed E-state index contributed by atoms with van der Waals surface area (Å²) in [6.07, 6.45) is 1.30. The predicted octanol–water partition coefficient (Wildman–Crippen LogP) is 1.88. The van der Waals surface area contributed by atoms with E-state index in [1.165, 1.54) is 6.07 Å². The van der Waals surface area contributed by atoms with Crippen molar-refractivity contribution in [1.29, 1.82) is 5.26 Å². The first-order valence-electron chi connectivity index (χ1n) is 5.79. The molecule has 2 rings (SSSR count).